The number of thiazole rings is 1. The van der Waals surface area contributed by atoms with E-state index in [2.05, 4.69) is 26.2 Å². The smallest absolute Gasteiger partial charge is 0.298 e. The fraction of sp³-hybridized carbons (Fsp3) is 0.143. The van der Waals surface area contributed by atoms with Crippen LogP contribution >= 0.6 is 22.9 Å². The van der Waals surface area contributed by atoms with Crippen LogP contribution in [0, 0.1) is 24.0 Å². The van der Waals surface area contributed by atoms with Gasteiger partial charge in [-0.15, -0.1) is 6.42 Å². The summed E-state index contributed by atoms with van der Waals surface area (Å²) in [5.41, 5.74) is 6.38. The Bertz CT molecular complexity index is 1460. The molecule has 0 saturated carbocycles. The molecule has 0 radical (unpaired) electrons. The van der Waals surface area contributed by atoms with Crippen molar-refractivity contribution in [2.45, 2.75) is 6.04 Å². The van der Waals surface area contributed by atoms with E-state index >= 15 is 4.39 Å². The Balaban J connectivity index is 1.58. The molecule has 1 aliphatic heterocycles. The summed E-state index contributed by atoms with van der Waals surface area (Å²) < 4.78 is 30.1. The molecule has 0 bridgehead atoms. The Hall–Kier alpha value is -3.55. The van der Waals surface area contributed by atoms with E-state index in [9.17, 15) is 9.18 Å². The van der Waals surface area contributed by atoms with E-state index in [1.807, 2.05) is 0 Å². The molecule has 7 nitrogen and oxygen atoms in total. The number of hydrogen-bond donors (Lipinski definition) is 2. The van der Waals surface area contributed by atoms with Crippen LogP contribution in [0.1, 0.15) is 0 Å². The molecule has 4 aromatic rings. The van der Waals surface area contributed by atoms with E-state index in [0.29, 0.717) is 29.9 Å². The van der Waals surface area contributed by atoms with Gasteiger partial charge in [-0.2, -0.15) is 0 Å². The van der Waals surface area contributed by atoms with E-state index in [1.54, 1.807) is 6.07 Å². The lowest BCUT2D eigenvalue weighted by molar-refractivity contribution is -0.128. The number of nitrogens with one attached hydrogen (secondary N) is 1. The van der Waals surface area contributed by atoms with Crippen LogP contribution in [0.2, 0.25) is 5.02 Å². The highest BCUT2D eigenvalue weighted by Gasteiger charge is 2.30. The van der Waals surface area contributed by atoms with Crippen molar-refractivity contribution in [3.63, 3.8) is 0 Å². The third-order valence-corrected chi connectivity index (χ3v) is 6.43. The number of amides is 1. The number of terminal acetylenes is 1. The van der Waals surface area contributed by atoms with Crippen molar-refractivity contribution in [2.75, 3.05) is 24.1 Å². The van der Waals surface area contributed by atoms with Gasteiger partial charge in [0.05, 0.1) is 21.3 Å². The number of carbonyl (C=O) groups excluding carboxylic acids is 1. The fourth-order valence-electron chi connectivity index (χ4n) is 3.71. The third kappa shape index (κ3) is 3.18. The minimum absolute atomic E-state index is 0.0402. The van der Waals surface area contributed by atoms with Crippen molar-refractivity contribution in [3.8, 4) is 23.5 Å². The molecule has 0 aliphatic carbocycles. The predicted molar refractivity (Wildman–Crippen MR) is 120 cm³/mol. The maximum absolute atomic E-state index is 15.7. The van der Waals surface area contributed by atoms with Gasteiger partial charge in [0.25, 0.3) is 5.91 Å². The number of aromatic nitrogens is 3. The Morgan fingerprint density at radius 1 is 1.31 bits per heavy atom. The minimum Gasteiger partial charge on any atom is -0.375 e. The average molecular weight is 471 g/mol. The first-order valence-corrected chi connectivity index (χ1v) is 10.6. The van der Waals surface area contributed by atoms with Crippen molar-refractivity contribution in [1.29, 1.82) is 0 Å². The fourth-order valence-corrected chi connectivity index (χ4v) is 4.76. The lowest BCUT2D eigenvalue weighted by Gasteiger charge is -2.38. The second-order valence-corrected chi connectivity index (χ2v) is 8.62. The highest BCUT2D eigenvalue weighted by atomic mass is 35.5. The molecule has 0 unspecified atom stereocenters. The molecule has 2 aromatic heterocycles. The van der Waals surface area contributed by atoms with Gasteiger partial charge >= 0.3 is 0 Å². The van der Waals surface area contributed by atoms with Crippen LogP contribution in [0.4, 0.5) is 19.7 Å². The van der Waals surface area contributed by atoms with Gasteiger partial charge in [0.2, 0.25) is 0 Å². The molecule has 3 N–H and O–H groups in total. The quantitative estimate of drug-likeness (QED) is 0.443. The van der Waals surface area contributed by atoms with Crippen LogP contribution in [-0.2, 0) is 4.79 Å². The highest BCUT2D eigenvalue weighted by molar-refractivity contribution is 7.22. The van der Waals surface area contributed by atoms with Crippen LogP contribution in [0.25, 0.3) is 32.2 Å². The van der Waals surface area contributed by atoms with Crippen LogP contribution in [0.3, 0.4) is 0 Å². The molecular weight excluding hydrogens is 458 g/mol. The number of anilines is 2. The van der Waals surface area contributed by atoms with Crippen LogP contribution in [0.15, 0.2) is 24.5 Å². The van der Waals surface area contributed by atoms with Crippen molar-refractivity contribution in [2.24, 2.45) is 0 Å². The maximum atomic E-state index is 15.7. The summed E-state index contributed by atoms with van der Waals surface area (Å²) in [5, 5.41) is 3.79. The number of nitrogens with zero attached hydrogens (tertiary/aromatic N) is 4. The molecule has 160 valence electrons. The predicted octanol–water partition coefficient (Wildman–Crippen LogP) is 3.68. The summed E-state index contributed by atoms with van der Waals surface area (Å²) in [6.07, 6.45) is 6.36. The van der Waals surface area contributed by atoms with Gasteiger partial charge in [-0.05, 0) is 24.1 Å². The molecule has 3 heterocycles. The lowest BCUT2D eigenvalue weighted by atomic mass is 10.0. The monoisotopic (exact) mass is 470 g/mol. The van der Waals surface area contributed by atoms with Crippen LogP contribution in [0.5, 0.6) is 0 Å². The number of likely N-dealkylation sites (tertiary alicyclic amines) is 1. The molecule has 1 aliphatic rings. The Morgan fingerprint density at radius 2 is 2.09 bits per heavy atom. The van der Waals surface area contributed by atoms with Gasteiger partial charge in [-0.1, -0.05) is 22.9 Å². The first kappa shape index (κ1) is 20.4. The SMILES string of the molecule is C#CC(=O)N1CC(Nc2ncnc3c(F)c(-c4ccc(F)c5sc(N)nc45)c(Cl)cc23)C1. The Labute approximate surface area is 189 Å². The molecule has 2 aromatic carbocycles. The molecule has 5 rings (SSSR count). The van der Waals surface area contributed by atoms with E-state index in [-0.39, 0.29) is 43.4 Å². The number of benzene rings is 2. The molecule has 1 saturated heterocycles. The Morgan fingerprint density at radius 3 is 2.84 bits per heavy atom. The molecule has 0 atom stereocenters. The molecular formula is C21H13ClF2N6OS. The van der Waals surface area contributed by atoms with Gasteiger partial charge in [-0.25, -0.2) is 23.7 Å². The summed E-state index contributed by atoms with van der Waals surface area (Å²) in [6.45, 7) is 0.809. The number of carbonyl (C=O) groups is 1. The van der Waals surface area contributed by atoms with E-state index < -0.39 is 11.6 Å². The summed E-state index contributed by atoms with van der Waals surface area (Å²) in [7, 11) is 0. The zero-order chi connectivity index (χ0) is 22.6. The third-order valence-electron chi connectivity index (χ3n) is 5.24. The largest absolute Gasteiger partial charge is 0.375 e. The normalized spacial score (nSPS) is 13.9. The highest BCUT2D eigenvalue weighted by Crippen LogP contribution is 2.41. The molecule has 11 heteroatoms. The van der Waals surface area contributed by atoms with Gasteiger partial charge in [0, 0.05) is 29.6 Å². The molecule has 32 heavy (non-hydrogen) atoms. The molecule has 1 fully saturated rings. The minimum atomic E-state index is -0.685. The van der Waals surface area contributed by atoms with Crippen molar-refractivity contribution >= 4 is 60.9 Å². The zero-order valence-corrected chi connectivity index (χ0v) is 17.8. The van der Waals surface area contributed by atoms with Crippen LogP contribution in [-0.4, -0.2) is 44.9 Å². The van der Waals surface area contributed by atoms with Gasteiger partial charge < -0.3 is 16.0 Å². The number of rotatable bonds is 3. The summed E-state index contributed by atoms with van der Waals surface area (Å²) in [4.78, 5) is 25.5. The van der Waals surface area contributed by atoms with E-state index in [0.717, 1.165) is 11.3 Å². The maximum Gasteiger partial charge on any atom is 0.298 e. The summed E-state index contributed by atoms with van der Waals surface area (Å²) in [5.74, 6) is 0.874. The molecule has 1 amide bonds. The van der Waals surface area contributed by atoms with Gasteiger partial charge in [0.1, 0.15) is 23.5 Å². The topological polar surface area (TPSA) is 97.0 Å². The first-order valence-electron chi connectivity index (χ1n) is 9.37. The zero-order valence-electron chi connectivity index (χ0n) is 16.2. The summed E-state index contributed by atoms with van der Waals surface area (Å²) >= 11 is 7.46. The number of halogens is 3. The first-order chi connectivity index (χ1) is 15.4. The van der Waals surface area contributed by atoms with Crippen LogP contribution < -0.4 is 11.1 Å². The number of fused-ring (bicyclic) bond motifs is 2. The lowest BCUT2D eigenvalue weighted by Crippen LogP contribution is -2.56. The summed E-state index contributed by atoms with van der Waals surface area (Å²) in [6, 6.07) is 4.09. The number of nitrogens with two attached hydrogens (primary N) is 1. The van der Waals surface area contributed by atoms with Gasteiger partial charge in [-0.3, -0.25) is 4.79 Å². The number of nitrogen functional groups attached to an aromatic ring is 1. The van der Waals surface area contributed by atoms with Crippen molar-refractivity contribution in [3.05, 3.63) is 41.2 Å². The number of hydrogen-bond acceptors (Lipinski definition) is 7. The van der Waals surface area contributed by atoms with E-state index in [4.69, 9.17) is 23.8 Å². The Kier molecular flexibility index (Phi) is 4.80. The van der Waals surface area contributed by atoms with Gasteiger partial charge in [0.15, 0.2) is 10.9 Å². The van der Waals surface area contributed by atoms with Crippen molar-refractivity contribution < 1.29 is 13.6 Å². The average Bonchev–Trinajstić information content (AvgIpc) is 3.14. The van der Waals surface area contributed by atoms with Crippen molar-refractivity contribution in [1.82, 2.24) is 19.9 Å². The second-order valence-electron chi connectivity index (χ2n) is 7.19. The molecule has 0 spiro atoms. The second kappa shape index (κ2) is 7.55. The van der Waals surface area contributed by atoms with E-state index in [1.165, 1.54) is 23.4 Å². The standard InChI is InChI=1S/C21H13ClF2N6OS/c1-2-14(31)30-6-9(7-30)28-20-11-5-12(22)15(16(24)17(11)26-8-27-20)10-3-4-13(23)19-18(10)29-21(25)32-19/h1,3-5,8-9H,6-7H2,(H2,25,29)(H,26,27,28).